The summed E-state index contributed by atoms with van der Waals surface area (Å²) < 4.78 is 33.1. The zero-order chi connectivity index (χ0) is 18.7. The van der Waals surface area contributed by atoms with E-state index in [1.54, 1.807) is 45.0 Å². The van der Waals surface area contributed by atoms with Crippen LogP contribution in [-0.2, 0) is 25.9 Å². The van der Waals surface area contributed by atoms with Crippen molar-refractivity contribution >= 4 is 21.9 Å². The number of carbonyl (C=O) groups excluding carboxylic acids is 2. The van der Waals surface area contributed by atoms with Crippen molar-refractivity contribution in [3.05, 3.63) is 35.4 Å². The molecule has 1 atom stereocenters. The van der Waals surface area contributed by atoms with Crippen LogP contribution in [0.3, 0.4) is 0 Å². The maximum Gasteiger partial charge on any atom is 0.407 e. The number of nitrogens with one attached hydrogen (secondary N) is 1. The highest BCUT2D eigenvalue weighted by Gasteiger charge is 2.30. The third-order valence-corrected chi connectivity index (χ3v) is 5.23. The molecule has 2 rings (SSSR count). The largest absolute Gasteiger partial charge is 0.458 e. The molecule has 0 aliphatic carbocycles. The standard InChI is InChI=1S/C17H23NO6S/c1-17(2,3)24-16(20)18-10-12-4-6-13(7-5-12)15(19)23-14-8-9-25(21,22)11-14/h4-7,14H,8-11H2,1-3H3,(H,18,20)/t14-/m1/s1. The van der Waals surface area contributed by atoms with Crippen molar-refractivity contribution in [3.63, 3.8) is 0 Å². The first-order chi connectivity index (χ1) is 11.5. The van der Waals surface area contributed by atoms with Crippen molar-refractivity contribution in [1.82, 2.24) is 5.32 Å². The van der Waals surface area contributed by atoms with Crippen LogP contribution in [0.25, 0.3) is 0 Å². The van der Waals surface area contributed by atoms with Crippen molar-refractivity contribution in [2.75, 3.05) is 11.5 Å². The first-order valence-electron chi connectivity index (χ1n) is 8.01. The fraction of sp³-hybridized carbons (Fsp3) is 0.529. The van der Waals surface area contributed by atoms with Crippen LogP contribution >= 0.6 is 0 Å². The number of sulfone groups is 1. The lowest BCUT2D eigenvalue weighted by Crippen LogP contribution is -2.32. The van der Waals surface area contributed by atoms with E-state index in [1.807, 2.05) is 0 Å². The van der Waals surface area contributed by atoms with Gasteiger partial charge in [0.15, 0.2) is 9.84 Å². The number of rotatable bonds is 4. The van der Waals surface area contributed by atoms with E-state index in [0.717, 1.165) is 5.56 Å². The van der Waals surface area contributed by atoms with Crippen LogP contribution in [0.5, 0.6) is 0 Å². The lowest BCUT2D eigenvalue weighted by molar-refractivity contribution is 0.0355. The van der Waals surface area contributed by atoms with Crippen LogP contribution < -0.4 is 5.32 Å². The van der Waals surface area contributed by atoms with Gasteiger partial charge >= 0.3 is 12.1 Å². The zero-order valence-corrected chi connectivity index (χ0v) is 15.4. The Kier molecular flexibility index (Phi) is 5.72. The minimum atomic E-state index is -3.09. The summed E-state index contributed by atoms with van der Waals surface area (Å²) >= 11 is 0. The monoisotopic (exact) mass is 369 g/mol. The number of esters is 1. The Morgan fingerprint density at radius 2 is 1.84 bits per heavy atom. The van der Waals surface area contributed by atoms with E-state index in [2.05, 4.69) is 5.32 Å². The third kappa shape index (κ3) is 6.38. The average Bonchev–Trinajstić information content (AvgIpc) is 2.83. The maximum atomic E-state index is 12.0. The lowest BCUT2D eigenvalue weighted by Gasteiger charge is -2.19. The Balaban J connectivity index is 1.85. The Labute approximate surface area is 147 Å². The molecule has 7 nitrogen and oxygen atoms in total. The normalized spacial score (nSPS) is 19.2. The Morgan fingerprint density at radius 1 is 1.20 bits per heavy atom. The molecule has 0 bridgehead atoms. The van der Waals surface area contributed by atoms with Gasteiger partial charge in [-0.1, -0.05) is 12.1 Å². The molecule has 1 aromatic carbocycles. The van der Waals surface area contributed by atoms with Gasteiger partial charge in [0, 0.05) is 6.54 Å². The van der Waals surface area contributed by atoms with Gasteiger partial charge in [0.25, 0.3) is 0 Å². The Morgan fingerprint density at radius 3 is 2.36 bits per heavy atom. The summed E-state index contributed by atoms with van der Waals surface area (Å²) in [7, 11) is -3.09. The van der Waals surface area contributed by atoms with Crippen molar-refractivity contribution in [2.45, 2.75) is 45.4 Å². The lowest BCUT2D eigenvalue weighted by atomic mass is 10.1. The van der Waals surface area contributed by atoms with Crippen LogP contribution in [0.4, 0.5) is 4.79 Å². The molecule has 138 valence electrons. The van der Waals surface area contributed by atoms with Crippen LogP contribution in [0.2, 0.25) is 0 Å². The van der Waals surface area contributed by atoms with Gasteiger partial charge in [0.1, 0.15) is 11.7 Å². The summed E-state index contributed by atoms with van der Waals surface area (Å²) in [6, 6.07) is 6.55. The molecule has 8 heteroatoms. The minimum absolute atomic E-state index is 0.0558. The highest BCUT2D eigenvalue weighted by molar-refractivity contribution is 7.91. The van der Waals surface area contributed by atoms with Crippen LogP contribution in [0.1, 0.15) is 43.1 Å². The van der Waals surface area contributed by atoms with Gasteiger partial charge in [-0.3, -0.25) is 0 Å². The molecule has 0 spiro atoms. The predicted molar refractivity (Wildman–Crippen MR) is 92.0 cm³/mol. The van der Waals surface area contributed by atoms with E-state index in [4.69, 9.17) is 9.47 Å². The topological polar surface area (TPSA) is 98.8 Å². The number of hydrogen-bond donors (Lipinski definition) is 1. The molecular weight excluding hydrogens is 346 g/mol. The van der Waals surface area contributed by atoms with Crippen molar-refractivity contribution < 1.29 is 27.5 Å². The molecule has 25 heavy (non-hydrogen) atoms. The minimum Gasteiger partial charge on any atom is -0.458 e. The quantitative estimate of drug-likeness (QED) is 0.816. The summed E-state index contributed by atoms with van der Waals surface area (Å²) in [4.78, 5) is 23.6. The maximum absolute atomic E-state index is 12.0. The number of hydrogen-bond acceptors (Lipinski definition) is 6. The van der Waals surface area contributed by atoms with Gasteiger partial charge in [0.2, 0.25) is 0 Å². The van der Waals surface area contributed by atoms with Gasteiger partial charge in [-0.25, -0.2) is 18.0 Å². The van der Waals surface area contributed by atoms with E-state index in [1.165, 1.54) is 0 Å². The summed E-state index contributed by atoms with van der Waals surface area (Å²) in [6.07, 6.45) is -0.754. The fourth-order valence-electron chi connectivity index (χ4n) is 2.32. The predicted octanol–water partition coefficient (Wildman–Crippen LogP) is 2.06. The molecule has 0 aromatic heterocycles. The molecule has 0 unspecified atom stereocenters. The molecule has 1 heterocycles. The third-order valence-electron chi connectivity index (χ3n) is 3.49. The summed E-state index contributed by atoms with van der Waals surface area (Å²) in [6.45, 7) is 5.61. The second-order valence-corrected chi connectivity index (χ2v) is 9.21. The molecule has 0 radical (unpaired) electrons. The van der Waals surface area contributed by atoms with Crippen molar-refractivity contribution in [1.29, 1.82) is 0 Å². The van der Waals surface area contributed by atoms with Gasteiger partial charge in [-0.15, -0.1) is 0 Å². The zero-order valence-electron chi connectivity index (χ0n) is 14.6. The fourth-order valence-corrected chi connectivity index (χ4v) is 3.91. The van der Waals surface area contributed by atoms with E-state index in [9.17, 15) is 18.0 Å². The van der Waals surface area contributed by atoms with Gasteiger partial charge in [-0.2, -0.15) is 0 Å². The SMILES string of the molecule is CC(C)(C)OC(=O)NCc1ccc(C(=O)O[C@@H]2CCS(=O)(=O)C2)cc1. The Bertz CT molecular complexity index is 733. The first kappa shape index (κ1) is 19.2. The number of carbonyl (C=O) groups is 2. The van der Waals surface area contributed by atoms with E-state index >= 15 is 0 Å². The second kappa shape index (κ2) is 7.43. The van der Waals surface area contributed by atoms with Crippen LogP contribution in [0, 0.1) is 0 Å². The number of benzene rings is 1. The summed E-state index contributed by atoms with van der Waals surface area (Å²) in [5, 5.41) is 2.63. The van der Waals surface area contributed by atoms with Crippen LogP contribution in [0.15, 0.2) is 24.3 Å². The average molecular weight is 369 g/mol. The van der Waals surface area contributed by atoms with Gasteiger partial charge in [0.05, 0.1) is 17.1 Å². The Hall–Kier alpha value is -2.09. The molecule has 1 aliphatic heterocycles. The molecule has 1 N–H and O–H groups in total. The first-order valence-corrected chi connectivity index (χ1v) is 9.83. The van der Waals surface area contributed by atoms with Crippen molar-refractivity contribution in [2.24, 2.45) is 0 Å². The summed E-state index contributed by atoms with van der Waals surface area (Å²) in [5.74, 6) is -0.606. The van der Waals surface area contributed by atoms with E-state index in [-0.39, 0.29) is 18.1 Å². The second-order valence-electron chi connectivity index (χ2n) is 6.98. The molecule has 1 fully saturated rings. The number of amides is 1. The van der Waals surface area contributed by atoms with Gasteiger partial charge < -0.3 is 14.8 Å². The molecular formula is C17H23NO6S. The molecule has 1 saturated heterocycles. The van der Waals surface area contributed by atoms with Crippen LogP contribution in [-0.4, -0.2) is 43.7 Å². The highest BCUT2D eigenvalue weighted by atomic mass is 32.2. The van der Waals surface area contributed by atoms with E-state index < -0.39 is 33.6 Å². The molecule has 0 saturated carbocycles. The smallest absolute Gasteiger partial charge is 0.407 e. The van der Waals surface area contributed by atoms with Crippen molar-refractivity contribution in [3.8, 4) is 0 Å². The molecule has 1 aliphatic rings. The summed E-state index contributed by atoms with van der Waals surface area (Å²) in [5.41, 5.74) is 0.571. The highest BCUT2D eigenvalue weighted by Crippen LogP contribution is 2.17. The molecule has 1 aromatic rings. The molecule has 1 amide bonds. The number of ether oxygens (including phenoxy) is 2. The van der Waals surface area contributed by atoms with E-state index in [0.29, 0.717) is 12.0 Å². The number of alkyl carbamates (subject to hydrolysis) is 1. The van der Waals surface area contributed by atoms with Gasteiger partial charge in [-0.05, 0) is 44.9 Å².